The van der Waals surface area contributed by atoms with E-state index >= 15 is 0 Å². The van der Waals surface area contributed by atoms with Crippen LogP contribution in [0.5, 0.6) is 0 Å². The van der Waals surface area contributed by atoms with Crippen LogP contribution in [-0.4, -0.2) is 21.1 Å². The van der Waals surface area contributed by atoms with Gasteiger partial charge in [-0.15, -0.1) is 5.10 Å². The summed E-state index contributed by atoms with van der Waals surface area (Å²) in [4.78, 5) is 17.0. The normalized spacial score (nSPS) is 12.6. The standard InChI is InChI=1S/C18H15F3N4OS/c1-11-22-17(25-24-11)27-15(12-6-3-2-4-7-12)16(26)23-14-9-5-8-13(10-14)18(19,20)21/h2-10,15H,1H3,(H,23,26)(H,22,24,25). The lowest BCUT2D eigenvalue weighted by Gasteiger charge is -2.16. The van der Waals surface area contributed by atoms with E-state index in [1.807, 2.05) is 6.07 Å². The Morgan fingerprint density at radius 3 is 2.52 bits per heavy atom. The Morgan fingerprint density at radius 2 is 1.89 bits per heavy atom. The number of aryl methyl sites for hydroxylation is 1. The van der Waals surface area contributed by atoms with Crippen LogP contribution in [0.15, 0.2) is 59.8 Å². The molecule has 0 radical (unpaired) electrons. The minimum absolute atomic E-state index is 0.0718. The van der Waals surface area contributed by atoms with Crippen molar-refractivity contribution in [1.82, 2.24) is 15.2 Å². The summed E-state index contributed by atoms with van der Waals surface area (Å²) in [6.07, 6.45) is -4.48. The van der Waals surface area contributed by atoms with Crippen LogP contribution in [0.4, 0.5) is 18.9 Å². The lowest BCUT2D eigenvalue weighted by molar-refractivity contribution is -0.137. The maximum atomic E-state index is 12.9. The zero-order valence-corrected chi connectivity index (χ0v) is 14.9. The summed E-state index contributed by atoms with van der Waals surface area (Å²) in [5.41, 5.74) is -0.0641. The van der Waals surface area contributed by atoms with E-state index in [4.69, 9.17) is 0 Å². The van der Waals surface area contributed by atoms with Crippen LogP contribution in [0, 0.1) is 6.92 Å². The smallest absolute Gasteiger partial charge is 0.325 e. The minimum Gasteiger partial charge on any atom is -0.325 e. The third kappa shape index (κ3) is 4.88. The summed E-state index contributed by atoms with van der Waals surface area (Å²) in [6, 6.07) is 13.4. The molecule has 27 heavy (non-hydrogen) atoms. The lowest BCUT2D eigenvalue weighted by Crippen LogP contribution is -2.19. The van der Waals surface area contributed by atoms with E-state index in [1.165, 1.54) is 12.1 Å². The molecule has 0 saturated carbocycles. The SMILES string of the molecule is Cc1nc(SC(C(=O)Nc2cccc(C(F)(F)F)c2)c2ccccc2)n[nH]1. The molecular weight excluding hydrogens is 377 g/mol. The lowest BCUT2D eigenvalue weighted by atomic mass is 10.1. The van der Waals surface area contributed by atoms with Gasteiger partial charge < -0.3 is 5.32 Å². The van der Waals surface area contributed by atoms with E-state index in [2.05, 4.69) is 20.5 Å². The first-order chi connectivity index (χ1) is 12.8. The van der Waals surface area contributed by atoms with Gasteiger partial charge in [0.1, 0.15) is 11.1 Å². The first kappa shape index (κ1) is 19.0. The largest absolute Gasteiger partial charge is 0.416 e. The highest BCUT2D eigenvalue weighted by Gasteiger charge is 2.31. The summed E-state index contributed by atoms with van der Waals surface area (Å²) >= 11 is 1.11. The van der Waals surface area contributed by atoms with Gasteiger partial charge >= 0.3 is 6.18 Å². The van der Waals surface area contributed by atoms with Crippen molar-refractivity contribution in [2.45, 2.75) is 23.5 Å². The number of thioether (sulfide) groups is 1. The third-order valence-corrected chi connectivity index (χ3v) is 4.71. The van der Waals surface area contributed by atoms with Gasteiger partial charge in [-0.2, -0.15) is 13.2 Å². The van der Waals surface area contributed by atoms with Crippen LogP contribution >= 0.6 is 11.8 Å². The molecule has 2 N–H and O–H groups in total. The number of alkyl halides is 3. The van der Waals surface area contributed by atoms with Crippen LogP contribution in [-0.2, 0) is 11.0 Å². The van der Waals surface area contributed by atoms with E-state index in [9.17, 15) is 18.0 Å². The molecule has 0 aliphatic heterocycles. The van der Waals surface area contributed by atoms with E-state index in [0.29, 0.717) is 16.5 Å². The number of hydrogen-bond donors (Lipinski definition) is 2. The number of aromatic amines is 1. The van der Waals surface area contributed by atoms with Gasteiger partial charge in [0.05, 0.1) is 5.56 Å². The van der Waals surface area contributed by atoms with Gasteiger partial charge in [-0.25, -0.2) is 4.98 Å². The predicted molar refractivity (Wildman–Crippen MR) is 96.2 cm³/mol. The van der Waals surface area contributed by atoms with E-state index in [1.54, 1.807) is 31.2 Å². The quantitative estimate of drug-likeness (QED) is 0.623. The molecule has 2 aromatic carbocycles. The first-order valence-corrected chi connectivity index (χ1v) is 8.79. The number of aromatic nitrogens is 3. The maximum Gasteiger partial charge on any atom is 0.416 e. The molecule has 0 bridgehead atoms. The number of carbonyl (C=O) groups is 1. The van der Waals surface area contributed by atoms with Crippen molar-refractivity contribution in [3.8, 4) is 0 Å². The number of amides is 1. The van der Waals surface area contributed by atoms with Crippen LogP contribution in [0.2, 0.25) is 0 Å². The second-order valence-electron chi connectivity index (χ2n) is 5.68. The molecule has 3 aromatic rings. The minimum atomic E-state index is -4.48. The molecule has 0 spiro atoms. The first-order valence-electron chi connectivity index (χ1n) is 7.91. The molecule has 1 aromatic heterocycles. The number of benzene rings is 2. The Labute approximate surface area is 157 Å². The summed E-state index contributed by atoms with van der Waals surface area (Å²) in [6.45, 7) is 1.73. The van der Waals surface area contributed by atoms with E-state index in [-0.39, 0.29) is 5.69 Å². The highest BCUT2D eigenvalue weighted by atomic mass is 32.2. The van der Waals surface area contributed by atoms with Crippen molar-refractivity contribution in [1.29, 1.82) is 0 Å². The van der Waals surface area contributed by atoms with E-state index < -0.39 is 22.9 Å². The molecule has 1 heterocycles. The number of halogens is 3. The second kappa shape index (κ2) is 7.83. The molecule has 1 atom stereocenters. The number of carbonyl (C=O) groups excluding carboxylic acids is 1. The summed E-state index contributed by atoms with van der Waals surface area (Å²) in [5.74, 6) is 0.135. The Balaban J connectivity index is 1.85. The van der Waals surface area contributed by atoms with Gasteiger partial charge in [0.2, 0.25) is 11.1 Å². The third-order valence-electron chi connectivity index (χ3n) is 3.60. The van der Waals surface area contributed by atoms with Crippen molar-refractivity contribution >= 4 is 23.4 Å². The molecule has 1 unspecified atom stereocenters. The van der Waals surface area contributed by atoms with Crippen LogP contribution in [0.3, 0.4) is 0 Å². The molecule has 1 amide bonds. The molecule has 0 aliphatic rings. The number of rotatable bonds is 5. The molecule has 0 aliphatic carbocycles. The second-order valence-corrected chi connectivity index (χ2v) is 6.75. The molecule has 140 valence electrons. The van der Waals surface area contributed by atoms with Crippen molar-refractivity contribution in [2.24, 2.45) is 0 Å². The molecule has 5 nitrogen and oxygen atoms in total. The van der Waals surface area contributed by atoms with Crippen molar-refractivity contribution < 1.29 is 18.0 Å². The van der Waals surface area contributed by atoms with Crippen LogP contribution < -0.4 is 5.32 Å². The Hall–Kier alpha value is -2.81. The van der Waals surface area contributed by atoms with Gasteiger partial charge in [-0.05, 0) is 30.7 Å². The van der Waals surface area contributed by atoms with E-state index in [0.717, 1.165) is 23.9 Å². The fraction of sp³-hybridized carbons (Fsp3) is 0.167. The maximum absolute atomic E-state index is 12.9. The van der Waals surface area contributed by atoms with Crippen molar-refractivity contribution in [2.75, 3.05) is 5.32 Å². The number of nitrogens with one attached hydrogen (secondary N) is 2. The molecule has 0 fully saturated rings. The monoisotopic (exact) mass is 392 g/mol. The average Bonchev–Trinajstić information content (AvgIpc) is 3.05. The number of hydrogen-bond acceptors (Lipinski definition) is 4. The Morgan fingerprint density at radius 1 is 1.15 bits per heavy atom. The predicted octanol–water partition coefficient (Wildman–Crippen LogP) is 4.60. The molecule has 3 rings (SSSR count). The zero-order valence-electron chi connectivity index (χ0n) is 14.1. The van der Waals surface area contributed by atoms with Gasteiger partial charge in [0, 0.05) is 5.69 Å². The fourth-order valence-corrected chi connectivity index (χ4v) is 3.32. The molecular formula is C18H15F3N4OS. The zero-order chi connectivity index (χ0) is 19.4. The Kier molecular flexibility index (Phi) is 5.50. The topological polar surface area (TPSA) is 70.7 Å². The van der Waals surface area contributed by atoms with Crippen LogP contribution in [0.25, 0.3) is 0 Å². The van der Waals surface area contributed by atoms with Gasteiger partial charge in [-0.3, -0.25) is 9.89 Å². The number of anilines is 1. The number of nitrogens with zero attached hydrogens (tertiary/aromatic N) is 2. The summed E-state index contributed by atoms with van der Waals surface area (Å²) in [5, 5.41) is 8.92. The highest BCUT2D eigenvalue weighted by Crippen LogP contribution is 2.35. The average molecular weight is 392 g/mol. The highest BCUT2D eigenvalue weighted by molar-refractivity contribution is 8.00. The number of H-pyrrole nitrogens is 1. The molecule has 0 saturated heterocycles. The van der Waals surface area contributed by atoms with Gasteiger partial charge in [0.25, 0.3) is 0 Å². The summed E-state index contributed by atoms with van der Waals surface area (Å²) in [7, 11) is 0. The Bertz CT molecular complexity index is 928. The summed E-state index contributed by atoms with van der Waals surface area (Å²) < 4.78 is 38.6. The van der Waals surface area contributed by atoms with Crippen LogP contribution in [0.1, 0.15) is 22.2 Å². The molecule has 9 heteroatoms. The van der Waals surface area contributed by atoms with Crippen molar-refractivity contribution in [3.05, 3.63) is 71.5 Å². The fourth-order valence-electron chi connectivity index (χ4n) is 2.36. The van der Waals surface area contributed by atoms with Gasteiger partial charge in [-0.1, -0.05) is 48.2 Å². The van der Waals surface area contributed by atoms with Gasteiger partial charge in [0.15, 0.2) is 0 Å². The van der Waals surface area contributed by atoms with Crippen molar-refractivity contribution in [3.63, 3.8) is 0 Å².